The molecule has 0 saturated heterocycles. The molecule has 2 aromatic heterocycles. The van der Waals surface area contributed by atoms with Crippen molar-refractivity contribution in [1.82, 2.24) is 15.0 Å². The van der Waals surface area contributed by atoms with Gasteiger partial charge in [0.25, 0.3) is 0 Å². The number of imidazole rings is 1. The van der Waals surface area contributed by atoms with E-state index in [0.717, 1.165) is 5.56 Å². The van der Waals surface area contributed by atoms with Gasteiger partial charge < -0.3 is 9.97 Å². The monoisotopic (exact) mass is 243 g/mol. The van der Waals surface area contributed by atoms with Crippen molar-refractivity contribution in [3.05, 3.63) is 52.3 Å². The van der Waals surface area contributed by atoms with Crippen LogP contribution in [-0.2, 0) is 0 Å². The summed E-state index contributed by atoms with van der Waals surface area (Å²) in [4.78, 5) is 20.9. The predicted molar refractivity (Wildman–Crippen MR) is 66.8 cm³/mol. The number of nitrogens with zero attached hydrogens (tertiary/aromatic N) is 1. The fourth-order valence-corrected chi connectivity index (χ4v) is 1.97. The highest BCUT2D eigenvalue weighted by Gasteiger charge is 2.09. The van der Waals surface area contributed by atoms with E-state index < -0.39 is 0 Å². The first kappa shape index (κ1) is 10.7. The van der Waals surface area contributed by atoms with Gasteiger partial charge in [0, 0.05) is 5.56 Å². The van der Waals surface area contributed by atoms with Crippen molar-refractivity contribution < 1.29 is 4.39 Å². The summed E-state index contributed by atoms with van der Waals surface area (Å²) in [6.07, 6.45) is 0. The van der Waals surface area contributed by atoms with Crippen LogP contribution in [0, 0.1) is 12.7 Å². The minimum Gasteiger partial charge on any atom is -0.306 e. The van der Waals surface area contributed by atoms with Crippen LogP contribution in [0.15, 0.2) is 35.1 Å². The number of aromatic nitrogens is 3. The van der Waals surface area contributed by atoms with E-state index in [1.807, 2.05) is 12.1 Å². The molecule has 0 radical (unpaired) electrons. The molecule has 0 spiro atoms. The standard InChI is InChI=1S/C13H10FN3O/c1-7-9(14)5-6-10(15-7)8-3-2-4-11-12(8)17-13(18)16-11/h2-6H,1H3,(H2,16,17,18). The molecule has 2 heterocycles. The third kappa shape index (κ3) is 1.60. The molecule has 0 atom stereocenters. The number of pyridine rings is 1. The third-order valence-corrected chi connectivity index (χ3v) is 2.85. The Bertz CT molecular complexity index is 788. The van der Waals surface area contributed by atoms with Crippen molar-refractivity contribution >= 4 is 11.0 Å². The SMILES string of the molecule is Cc1nc(-c2cccc3[nH]c(=O)[nH]c23)ccc1F. The van der Waals surface area contributed by atoms with Crippen molar-refractivity contribution in [2.24, 2.45) is 0 Å². The summed E-state index contributed by atoms with van der Waals surface area (Å²) in [7, 11) is 0. The summed E-state index contributed by atoms with van der Waals surface area (Å²) in [6, 6.07) is 8.43. The lowest BCUT2D eigenvalue weighted by atomic mass is 10.1. The number of rotatable bonds is 1. The Morgan fingerprint density at radius 1 is 1.17 bits per heavy atom. The molecule has 0 saturated carbocycles. The van der Waals surface area contributed by atoms with E-state index in [1.54, 1.807) is 19.1 Å². The molecule has 0 aliphatic carbocycles. The number of benzene rings is 1. The Morgan fingerprint density at radius 2 is 2.00 bits per heavy atom. The molecule has 3 rings (SSSR count). The van der Waals surface area contributed by atoms with Crippen LogP contribution in [0.2, 0.25) is 0 Å². The maximum atomic E-state index is 13.2. The number of aryl methyl sites for hydroxylation is 1. The number of hydrogen-bond acceptors (Lipinski definition) is 2. The highest BCUT2D eigenvalue weighted by Crippen LogP contribution is 2.24. The first-order chi connectivity index (χ1) is 8.65. The minimum absolute atomic E-state index is 0.267. The average Bonchev–Trinajstić information content (AvgIpc) is 2.72. The van der Waals surface area contributed by atoms with Gasteiger partial charge in [-0.15, -0.1) is 0 Å². The quantitative estimate of drug-likeness (QED) is 0.689. The van der Waals surface area contributed by atoms with Crippen LogP contribution in [0.1, 0.15) is 5.69 Å². The first-order valence-electron chi connectivity index (χ1n) is 5.50. The Kier molecular flexibility index (Phi) is 2.26. The lowest BCUT2D eigenvalue weighted by Crippen LogP contribution is -1.99. The molecule has 0 unspecified atom stereocenters. The summed E-state index contributed by atoms with van der Waals surface area (Å²) < 4.78 is 13.2. The Labute approximate surface area is 102 Å². The van der Waals surface area contributed by atoms with Gasteiger partial charge in [0.2, 0.25) is 0 Å². The van der Waals surface area contributed by atoms with Crippen LogP contribution >= 0.6 is 0 Å². The van der Waals surface area contributed by atoms with E-state index in [0.29, 0.717) is 22.4 Å². The van der Waals surface area contributed by atoms with Crippen LogP contribution < -0.4 is 5.69 Å². The summed E-state index contributed by atoms with van der Waals surface area (Å²) in [5, 5.41) is 0. The average molecular weight is 243 g/mol. The molecule has 90 valence electrons. The van der Waals surface area contributed by atoms with Gasteiger partial charge >= 0.3 is 5.69 Å². The van der Waals surface area contributed by atoms with Gasteiger partial charge in [-0.05, 0) is 25.1 Å². The van der Waals surface area contributed by atoms with Gasteiger partial charge in [0.05, 0.1) is 22.4 Å². The molecule has 3 aromatic rings. The molecule has 1 aromatic carbocycles. The molecule has 18 heavy (non-hydrogen) atoms. The maximum absolute atomic E-state index is 13.2. The second-order valence-corrected chi connectivity index (χ2v) is 4.07. The van der Waals surface area contributed by atoms with Crippen LogP contribution in [0.5, 0.6) is 0 Å². The number of fused-ring (bicyclic) bond motifs is 1. The number of nitrogens with one attached hydrogen (secondary N) is 2. The van der Waals surface area contributed by atoms with Crippen molar-refractivity contribution in [2.45, 2.75) is 6.92 Å². The van der Waals surface area contributed by atoms with Gasteiger partial charge in [-0.3, -0.25) is 0 Å². The van der Waals surface area contributed by atoms with Gasteiger partial charge in [-0.2, -0.15) is 0 Å². The second-order valence-electron chi connectivity index (χ2n) is 4.07. The number of para-hydroxylation sites is 1. The van der Waals surface area contributed by atoms with E-state index in [1.165, 1.54) is 6.07 Å². The highest BCUT2D eigenvalue weighted by molar-refractivity contribution is 5.90. The Morgan fingerprint density at radius 3 is 2.78 bits per heavy atom. The summed E-state index contributed by atoms with van der Waals surface area (Å²) in [5.41, 5.74) is 2.87. The Balaban J connectivity index is 2.30. The van der Waals surface area contributed by atoms with Crippen LogP contribution in [-0.4, -0.2) is 15.0 Å². The predicted octanol–water partition coefficient (Wildman–Crippen LogP) is 2.37. The van der Waals surface area contributed by atoms with Crippen LogP contribution in [0.3, 0.4) is 0 Å². The molecule has 2 N–H and O–H groups in total. The second kappa shape index (κ2) is 3.80. The van der Waals surface area contributed by atoms with Gasteiger partial charge in [0.15, 0.2) is 0 Å². The maximum Gasteiger partial charge on any atom is 0.323 e. The molecule has 0 aliphatic heterocycles. The molecule has 0 bridgehead atoms. The van der Waals surface area contributed by atoms with Gasteiger partial charge in [-0.25, -0.2) is 14.2 Å². The van der Waals surface area contributed by atoms with Crippen molar-refractivity contribution in [3.8, 4) is 11.3 Å². The van der Waals surface area contributed by atoms with E-state index in [2.05, 4.69) is 15.0 Å². The number of H-pyrrole nitrogens is 2. The first-order valence-corrected chi connectivity index (χ1v) is 5.50. The zero-order valence-electron chi connectivity index (χ0n) is 9.62. The third-order valence-electron chi connectivity index (χ3n) is 2.85. The molecular weight excluding hydrogens is 233 g/mol. The van der Waals surface area contributed by atoms with E-state index in [9.17, 15) is 9.18 Å². The van der Waals surface area contributed by atoms with Gasteiger partial charge in [0.1, 0.15) is 5.82 Å². The topological polar surface area (TPSA) is 61.5 Å². The fraction of sp³-hybridized carbons (Fsp3) is 0.0769. The lowest BCUT2D eigenvalue weighted by molar-refractivity contribution is 0.610. The summed E-state index contributed by atoms with van der Waals surface area (Å²) >= 11 is 0. The largest absolute Gasteiger partial charge is 0.323 e. The fourth-order valence-electron chi connectivity index (χ4n) is 1.97. The molecule has 5 heteroatoms. The summed E-state index contributed by atoms with van der Waals surface area (Å²) in [6.45, 7) is 1.61. The number of aromatic amines is 2. The van der Waals surface area contributed by atoms with E-state index in [4.69, 9.17) is 0 Å². The van der Waals surface area contributed by atoms with Crippen LogP contribution in [0.25, 0.3) is 22.3 Å². The molecule has 0 aliphatic rings. The zero-order valence-corrected chi connectivity index (χ0v) is 9.62. The van der Waals surface area contributed by atoms with Crippen LogP contribution in [0.4, 0.5) is 4.39 Å². The Hall–Kier alpha value is -2.43. The van der Waals surface area contributed by atoms with Gasteiger partial charge in [-0.1, -0.05) is 12.1 Å². The number of hydrogen-bond donors (Lipinski definition) is 2. The zero-order chi connectivity index (χ0) is 12.7. The summed E-state index contributed by atoms with van der Waals surface area (Å²) in [5.74, 6) is -0.339. The molecular formula is C13H10FN3O. The number of halogens is 1. The minimum atomic E-state index is -0.339. The van der Waals surface area contributed by atoms with E-state index >= 15 is 0 Å². The highest BCUT2D eigenvalue weighted by atomic mass is 19.1. The smallest absolute Gasteiger partial charge is 0.306 e. The van der Waals surface area contributed by atoms with Crippen molar-refractivity contribution in [2.75, 3.05) is 0 Å². The normalized spacial score (nSPS) is 11.0. The molecule has 0 fully saturated rings. The lowest BCUT2D eigenvalue weighted by Gasteiger charge is -2.04. The van der Waals surface area contributed by atoms with Crippen molar-refractivity contribution in [3.63, 3.8) is 0 Å². The van der Waals surface area contributed by atoms with Crippen molar-refractivity contribution in [1.29, 1.82) is 0 Å². The van der Waals surface area contributed by atoms with E-state index in [-0.39, 0.29) is 11.5 Å². The molecule has 0 amide bonds. The molecule has 4 nitrogen and oxygen atoms in total.